The van der Waals surface area contributed by atoms with Crippen LogP contribution in [0.2, 0.25) is 0 Å². The molecule has 4 nitrogen and oxygen atoms in total. The lowest BCUT2D eigenvalue weighted by molar-refractivity contribution is -0.124. The Balaban J connectivity index is 1.72. The molecule has 2 rings (SSSR count). The molecule has 2 aromatic rings. The molecule has 2 amide bonds. The van der Waals surface area contributed by atoms with Crippen LogP contribution in [0.5, 0.6) is 0 Å². The maximum absolute atomic E-state index is 11.9. The molecule has 0 saturated carbocycles. The van der Waals surface area contributed by atoms with Crippen LogP contribution < -0.4 is 10.6 Å². The summed E-state index contributed by atoms with van der Waals surface area (Å²) in [6.07, 6.45) is 0.323. The molecule has 2 aromatic carbocycles. The summed E-state index contributed by atoms with van der Waals surface area (Å²) in [5, 5.41) is 5.60. The van der Waals surface area contributed by atoms with E-state index in [1.807, 2.05) is 49.4 Å². The number of halogens is 1. The zero-order valence-corrected chi connectivity index (χ0v) is 14.5. The van der Waals surface area contributed by atoms with Crippen molar-refractivity contribution in [1.82, 2.24) is 5.32 Å². The SMILES string of the molecule is Cc1ccc(CNC(=O)CCC(=O)Nc2ccccc2Br)cc1. The average molecular weight is 375 g/mol. The fourth-order valence-electron chi connectivity index (χ4n) is 2.00. The summed E-state index contributed by atoms with van der Waals surface area (Å²) in [7, 11) is 0. The Morgan fingerprint density at radius 3 is 2.30 bits per heavy atom. The Hall–Kier alpha value is -2.14. The number of para-hydroxylation sites is 1. The third kappa shape index (κ3) is 5.87. The minimum atomic E-state index is -0.178. The highest BCUT2D eigenvalue weighted by atomic mass is 79.9. The maximum atomic E-state index is 11.9. The third-order valence-corrected chi connectivity index (χ3v) is 4.03. The van der Waals surface area contributed by atoms with Crippen molar-refractivity contribution >= 4 is 33.4 Å². The Kier molecular flexibility index (Phi) is 6.35. The first kappa shape index (κ1) is 17.2. The van der Waals surface area contributed by atoms with E-state index in [-0.39, 0.29) is 24.7 Å². The summed E-state index contributed by atoms with van der Waals surface area (Å²) in [6, 6.07) is 15.3. The molecule has 5 heteroatoms. The van der Waals surface area contributed by atoms with Gasteiger partial charge in [-0.1, -0.05) is 42.0 Å². The molecular formula is C18H19BrN2O2. The highest BCUT2D eigenvalue weighted by molar-refractivity contribution is 9.10. The van der Waals surface area contributed by atoms with E-state index < -0.39 is 0 Å². The summed E-state index contributed by atoms with van der Waals surface area (Å²) < 4.78 is 0.817. The average Bonchev–Trinajstić information content (AvgIpc) is 2.54. The summed E-state index contributed by atoms with van der Waals surface area (Å²) in [4.78, 5) is 23.7. The van der Waals surface area contributed by atoms with E-state index in [0.717, 1.165) is 10.0 Å². The molecule has 0 aliphatic carbocycles. The monoisotopic (exact) mass is 374 g/mol. The minimum Gasteiger partial charge on any atom is -0.352 e. The molecule has 0 aromatic heterocycles. The molecular weight excluding hydrogens is 356 g/mol. The largest absolute Gasteiger partial charge is 0.352 e. The van der Waals surface area contributed by atoms with E-state index in [1.165, 1.54) is 5.56 Å². The number of rotatable bonds is 6. The number of carbonyl (C=O) groups is 2. The van der Waals surface area contributed by atoms with Crippen LogP contribution in [-0.4, -0.2) is 11.8 Å². The van der Waals surface area contributed by atoms with Gasteiger partial charge in [0.05, 0.1) is 5.69 Å². The Morgan fingerprint density at radius 2 is 1.61 bits per heavy atom. The van der Waals surface area contributed by atoms with Gasteiger partial charge in [-0.15, -0.1) is 0 Å². The molecule has 120 valence electrons. The summed E-state index contributed by atoms with van der Waals surface area (Å²) in [5.41, 5.74) is 2.93. The maximum Gasteiger partial charge on any atom is 0.224 e. The number of carbonyl (C=O) groups excluding carboxylic acids is 2. The highest BCUT2D eigenvalue weighted by Gasteiger charge is 2.08. The Bertz CT molecular complexity index is 684. The topological polar surface area (TPSA) is 58.2 Å². The van der Waals surface area contributed by atoms with Crippen molar-refractivity contribution in [2.24, 2.45) is 0 Å². The molecule has 0 saturated heterocycles. The van der Waals surface area contributed by atoms with Gasteiger partial charge in [-0.05, 0) is 40.5 Å². The zero-order valence-electron chi connectivity index (χ0n) is 12.9. The van der Waals surface area contributed by atoms with E-state index in [1.54, 1.807) is 6.07 Å². The van der Waals surface area contributed by atoms with Gasteiger partial charge in [-0.3, -0.25) is 9.59 Å². The predicted molar refractivity (Wildman–Crippen MR) is 95.0 cm³/mol. The van der Waals surface area contributed by atoms with E-state index in [2.05, 4.69) is 26.6 Å². The molecule has 0 bridgehead atoms. The number of hydrogen-bond donors (Lipinski definition) is 2. The predicted octanol–water partition coefficient (Wildman–Crippen LogP) is 3.79. The summed E-state index contributed by atoms with van der Waals surface area (Å²) in [6.45, 7) is 2.50. The van der Waals surface area contributed by atoms with E-state index in [4.69, 9.17) is 0 Å². The zero-order chi connectivity index (χ0) is 16.7. The van der Waals surface area contributed by atoms with Gasteiger partial charge in [0.25, 0.3) is 0 Å². The van der Waals surface area contributed by atoms with Crippen LogP contribution in [0.4, 0.5) is 5.69 Å². The van der Waals surface area contributed by atoms with Crippen LogP contribution >= 0.6 is 15.9 Å². The molecule has 0 radical (unpaired) electrons. The van der Waals surface area contributed by atoms with Gasteiger partial charge in [-0.2, -0.15) is 0 Å². The molecule has 2 N–H and O–H groups in total. The van der Waals surface area contributed by atoms with Gasteiger partial charge in [0, 0.05) is 23.9 Å². The van der Waals surface area contributed by atoms with Crippen molar-refractivity contribution in [3.8, 4) is 0 Å². The van der Waals surface area contributed by atoms with Crippen LogP contribution in [0, 0.1) is 6.92 Å². The van der Waals surface area contributed by atoms with Crippen molar-refractivity contribution < 1.29 is 9.59 Å². The normalized spacial score (nSPS) is 10.2. The number of amides is 2. The van der Waals surface area contributed by atoms with Crippen molar-refractivity contribution in [2.45, 2.75) is 26.3 Å². The first-order valence-electron chi connectivity index (χ1n) is 7.41. The van der Waals surface area contributed by atoms with Gasteiger partial charge in [0.2, 0.25) is 11.8 Å². The van der Waals surface area contributed by atoms with Crippen LogP contribution in [0.3, 0.4) is 0 Å². The summed E-state index contributed by atoms with van der Waals surface area (Å²) >= 11 is 3.37. The molecule has 0 heterocycles. The number of benzene rings is 2. The standard InChI is InChI=1S/C18H19BrN2O2/c1-13-6-8-14(9-7-13)12-20-17(22)10-11-18(23)21-16-5-3-2-4-15(16)19/h2-9H,10-12H2,1H3,(H,20,22)(H,21,23). The van der Waals surface area contributed by atoms with E-state index in [9.17, 15) is 9.59 Å². The quantitative estimate of drug-likeness (QED) is 0.807. The number of nitrogens with one attached hydrogen (secondary N) is 2. The van der Waals surface area contributed by atoms with Gasteiger partial charge in [0.1, 0.15) is 0 Å². The molecule has 0 fully saturated rings. The first-order chi connectivity index (χ1) is 11.0. The first-order valence-corrected chi connectivity index (χ1v) is 8.20. The number of hydrogen-bond acceptors (Lipinski definition) is 2. The number of aryl methyl sites for hydroxylation is 1. The molecule has 23 heavy (non-hydrogen) atoms. The van der Waals surface area contributed by atoms with Crippen molar-refractivity contribution in [3.63, 3.8) is 0 Å². The lowest BCUT2D eigenvalue weighted by atomic mass is 10.1. The second-order valence-electron chi connectivity index (χ2n) is 5.29. The molecule has 0 atom stereocenters. The Labute approximate surface area is 144 Å². The summed E-state index contributed by atoms with van der Waals surface area (Å²) in [5.74, 6) is -0.310. The van der Waals surface area contributed by atoms with Crippen molar-refractivity contribution in [3.05, 3.63) is 64.1 Å². The van der Waals surface area contributed by atoms with Crippen molar-refractivity contribution in [2.75, 3.05) is 5.32 Å². The molecule has 0 spiro atoms. The smallest absolute Gasteiger partial charge is 0.224 e. The van der Waals surface area contributed by atoms with Crippen LogP contribution in [0.1, 0.15) is 24.0 Å². The fraction of sp³-hybridized carbons (Fsp3) is 0.222. The van der Waals surface area contributed by atoms with Gasteiger partial charge < -0.3 is 10.6 Å². The molecule has 0 unspecified atom stereocenters. The third-order valence-electron chi connectivity index (χ3n) is 3.34. The molecule has 0 aliphatic rings. The van der Waals surface area contributed by atoms with Gasteiger partial charge in [0.15, 0.2) is 0 Å². The number of anilines is 1. The van der Waals surface area contributed by atoms with Gasteiger partial charge in [-0.25, -0.2) is 0 Å². The van der Waals surface area contributed by atoms with Crippen LogP contribution in [0.15, 0.2) is 53.0 Å². The lowest BCUT2D eigenvalue weighted by Gasteiger charge is -2.08. The Morgan fingerprint density at radius 1 is 0.957 bits per heavy atom. The van der Waals surface area contributed by atoms with Crippen LogP contribution in [-0.2, 0) is 16.1 Å². The van der Waals surface area contributed by atoms with Crippen molar-refractivity contribution in [1.29, 1.82) is 0 Å². The fourth-order valence-corrected chi connectivity index (χ4v) is 2.38. The van der Waals surface area contributed by atoms with Crippen LogP contribution in [0.25, 0.3) is 0 Å². The highest BCUT2D eigenvalue weighted by Crippen LogP contribution is 2.21. The lowest BCUT2D eigenvalue weighted by Crippen LogP contribution is -2.24. The second-order valence-corrected chi connectivity index (χ2v) is 6.14. The minimum absolute atomic E-state index is 0.132. The van der Waals surface area contributed by atoms with E-state index in [0.29, 0.717) is 12.2 Å². The second kappa shape index (κ2) is 8.48. The van der Waals surface area contributed by atoms with Gasteiger partial charge >= 0.3 is 0 Å². The molecule has 0 aliphatic heterocycles. The van der Waals surface area contributed by atoms with E-state index >= 15 is 0 Å².